The minimum Gasteiger partial charge on any atom is -0.756 e. The van der Waals surface area contributed by atoms with Crippen LogP contribution in [0.15, 0.2) is 60.8 Å². The number of likely N-dealkylation sites (N-methyl/N-ethyl adjacent to an activating group) is 1. The first-order valence-corrected chi connectivity index (χ1v) is 21.1. The maximum absolute atomic E-state index is 12.7. The molecule has 0 rings (SSSR count). The normalized spacial score (nSPS) is 15.3. The maximum Gasteiger partial charge on any atom is 0.268 e. The molecular formula is C41H75N2O6P. The SMILES string of the molecule is CC/C=C\C/C=C\C/C=C\C/C=C\CCCCCCCCCCC(=O)NC(COP(=O)([O-])OCC[N+](C)(C)C)C(O)/C=C/CCCCCCC. The molecule has 0 aromatic carbocycles. The van der Waals surface area contributed by atoms with Crippen LogP contribution in [0.3, 0.4) is 0 Å². The molecule has 8 nitrogen and oxygen atoms in total. The largest absolute Gasteiger partial charge is 0.756 e. The van der Waals surface area contributed by atoms with Crippen LogP contribution in [-0.2, 0) is 18.4 Å². The second-order valence-electron chi connectivity index (χ2n) is 14.3. The van der Waals surface area contributed by atoms with Crippen molar-refractivity contribution < 1.29 is 32.9 Å². The number of nitrogens with zero attached hydrogens (tertiary/aromatic N) is 1. The van der Waals surface area contributed by atoms with Crippen molar-refractivity contribution in [1.82, 2.24) is 5.32 Å². The van der Waals surface area contributed by atoms with E-state index < -0.39 is 20.0 Å². The second kappa shape index (κ2) is 33.1. The molecule has 0 aromatic rings. The third-order valence-electron chi connectivity index (χ3n) is 8.23. The fourth-order valence-corrected chi connectivity index (χ4v) is 5.80. The fourth-order valence-electron chi connectivity index (χ4n) is 5.08. The first kappa shape index (κ1) is 48.2. The molecule has 1 amide bonds. The quantitative estimate of drug-likeness (QED) is 0.0297. The van der Waals surface area contributed by atoms with E-state index in [4.69, 9.17) is 9.05 Å². The van der Waals surface area contributed by atoms with Crippen LogP contribution in [0, 0.1) is 0 Å². The molecule has 0 saturated carbocycles. The number of phosphoric acid groups is 1. The number of quaternary nitrogens is 1. The highest BCUT2D eigenvalue weighted by Crippen LogP contribution is 2.38. The minimum atomic E-state index is -4.58. The Morgan fingerprint density at radius 1 is 0.720 bits per heavy atom. The molecule has 0 aliphatic heterocycles. The van der Waals surface area contributed by atoms with E-state index in [9.17, 15) is 19.4 Å². The predicted molar refractivity (Wildman–Crippen MR) is 210 cm³/mol. The van der Waals surface area contributed by atoms with Crippen molar-refractivity contribution in [3.8, 4) is 0 Å². The smallest absolute Gasteiger partial charge is 0.268 e. The number of aliphatic hydroxyl groups is 1. The highest BCUT2D eigenvalue weighted by atomic mass is 31.2. The van der Waals surface area contributed by atoms with Gasteiger partial charge in [0.15, 0.2) is 0 Å². The third-order valence-corrected chi connectivity index (χ3v) is 9.20. The van der Waals surface area contributed by atoms with E-state index in [1.165, 1.54) is 44.9 Å². The van der Waals surface area contributed by atoms with Crippen LogP contribution in [0.2, 0.25) is 0 Å². The zero-order chi connectivity index (χ0) is 37.2. The third kappa shape index (κ3) is 34.6. The summed E-state index contributed by atoms with van der Waals surface area (Å²) < 4.78 is 23.0. The van der Waals surface area contributed by atoms with E-state index in [2.05, 4.69) is 67.8 Å². The lowest BCUT2D eigenvalue weighted by atomic mass is 10.1. The molecule has 0 aliphatic carbocycles. The van der Waals surface area contributed by atoms with Crippen LogP contribution in [0.5, 0.6) is 0 Å². The number of unbranched alkanes of at least 4 members (excludes halogenated alkanes) is 13. The van der Waals surface area contributed by atoms with E-state index in [-0.39, 0.29) is 19.1 Å². The number of rotatable bonds is 34. The summed E-state index contributed by atoms with van der Waals surface area (Å²) in [6.07, 6.45) is 41.4. The van der Waals surface area contributed by atoms with E-state index in [1.54, 1.807) is 6.08 Å². The molecule has 0 aromatic heterocycles. The molecule has 3 unspecified atom stereocenters. The number of hydrogen-bond donors (Lipinski definition) is 2. The van der Waals surface area contributed by atoms with Gasteiger partial charge in [-0.25, -0.2) is 0 Å². The number of amides is 1. The first-order chi connectivity index (χ1) is 24.0. The highest BCUT2D eigenvalue weighted by Gasteiger charge is 2.23. The average Bonchev–Trinajstić information content (AvgIpc) is 3.06. The number of aliphatic hydroxyl groups excluding tert-OH is 1. The predicted octanol–water partition coefficient (Wildman–Crippen LogP) is 9.66. The van der Waals surface area contributed by atoms with Gasteiger partial charge in [0.05, 0.1) is 39.9 Å². The Kier molecular flexibility index (Phi) is 31.9. The standard InChI is InChI=1S/C41H75N2O6P/c1-6-8-10-12-14-15-16-17-18-19-20-21-22-23-24-25-26-27-29-31-33-35-41(45)42-39(40(44)34-32-30-28-13-11-9-7-2)38-49-50(46,47)48-37-36-43(3,4)5/h8,10,14-15,17-18,20-21,32,34,39-40,44H,6-7,9,11-13,16,19,22-31,33,35-38H2,1-5H3,(H-,42,45,46,47)/b10-8-,15-14-,18-17-,21-20-,34-32+. The van der Waals surface area contributed by atoms with Gasteiger partial charge in [0.25, 0.3) is 7.82 Å². The van der Waals surface area contributed by atoms with Gasteiger partial charge in [-0.2, -0.15) is 0 Å². The van der Waals surface area contributed by atoms with Gasteiger partial charge in [0.2, 0.25) is 5.91 Å². The molecule has 0 spiro atoms. The molecule has 0 heterocycles. The van der Waals surface area contributed by atoms with Gasteiger partial charge in [-0.15, -0.1) is 0 Å². The van der Waals surface area contributed by atoms with E-state index in [1.807, 2.05) is 27.2 Å². The van der Waals surface area contributed by atoms with Gasteiger partial charge in [0.1, 0.15) is 13.2 Å². The lowest BCUT2D eigenvalue weighted by Crippen LogP contribution is -2.45. The van der Waals surface area contributed by atoms with E-state index in [0.717, 1.165) is 77.0 Å². The van der Waals surface area contributed by atoms with Gasteiger partial charge >= 0.3 is 0 Å². The molecule has 50 heavy (non-hydrogen) atoms. The summed E-state index contributed by atoms with van der Waals surface area (Å²) >= 11 is 0. The maximum atomic E-state index is 12.7. The summed E-state index contributed by atoms with van der Waals surface area (Å²) in [5, 5.41) is 13.6. The molecule has 2 N–H and O–H groups in total. The van der Waals surface area contributed by atoms with Gasteiger partial charge in [-0.05, 0) is 57.8 Å². The number of hydrogen-bond acceptors (Lipinski definition) is 6. The lowest BCUT2D eigenvalue weighted by Gasteiger charge is -2.29. The summed E-state index contributed by atoms with van der Waals surface area (Å²) in [6, 6.07) is -0.889. The summed E-state index contributed by atoms with van der Waals surface area (Å²) in [7, 11) is 1.24. The van der Waals surface area contributed by atoms with Gasteiger partial charge in [-0.3, -0.25) is 9.36 Å². The van der Waals surface area contributed by atoms with Crippen LogP contribution in [0.1, 0.15) is 142 Å². The Balaban J connectivity index is 4.31. The number of nitrogens with one attached hydrogen (secondary N) is 1. The Labute approximate surface area is 307 Å². The Morgan fingerprint density at radius 3 is 1.78 bits per heavy atom. The highest BCUT2D eigenvalue weighted by molar-refractivity contribution is 7.45. The summed E-state index contributed by atoms with van der Waals surface area (Å²) in [6.45, 7) is 4.43. The molecular weight excluding hydrogens is 647 g/mol. The fraction of sp³-hybridized carbons (Fsp3) is 0.732. The van der Waals surface area contributed by atoms with Crippen molar-refractivity contribution >= 4 is 13.7 Å². The Morgan fingerprint density at radius 2 is 1.22 bits per heavy atom. The van der Waals surface area contributed by atoms with Gasteiger partial charge in [0, 0.05) is 6.42 Å². The zero-order valence-corrected chi connectivity index (χ0v) is 33.5. The number of carbonyl (C=O) groups excluding carboxylic acids is 1. The number of phosphoric ester groups is 1. The minimum absolute atomic E-state index is 0.00613. The summed E-state index contributed by atoms with van der Waals surface area (Å²) in [4.78, 5) is 25.1. The topological polar surface area (TPSA) is 108 Å². The molecule has 0 bridgehead atoms. The van der Waals surface area contributed by atoms with Crippen molar-refractivity contribution in [3.63, 3.8) is 0 Å². The number of allylic oxidation sites excluding steroid dienone is 9. The van der Waals surface area contributed by atoms with Crippen molar-refractivity contribution in [2.24, 2.45) is 0 Å². The molecule has 3 atom stereocenters. The van der Waals surface area contributed by atoms with Gasteiger partial charge in [-0.1, -0.05) is 139 Å². The Bertz CT molecular complexity index is 1000. The molecule has 9 heteroatoms. The van der Waals surface area contributed by atoms with Crippen LogP contribution < -0.4 is 10.2 Å². The Hall–Kier alpha value is -1.80. The van der Waals surface area contributed by atoms with Crippen LogP contribution in [-0.4, -0.2) is 68.5 Å². The van der Waals surface area contributed by atoms with E-state index in [0.29, 0.717) is 17.4 Å². The van der Waals surface area contributed by atoms with Crippen LogP contribution in [0.4, 0.5) is 0 Å². The number of carbonyl (C=O) groups is 1. The molecule has 0 fully saturated rings. The zero-order valence-electron chi connectivity index (χ0n) is 32.6. The van der Waals surface area contributed by atoms with Gasteiger partial charge < -0.3 is 28.8 Å². The molecule has 0 saturated heterocycles. The van der Waals surface area contributed by atoms with Crippen molar-refractivity contribution in [1.29, 1.82) is 0 Å². The monoisotopic (exact) mass is 723 g/mol. The molecule has 0 aliphatic rings. The first-order valence-electron chi connectivity index (χ1n) is 19.7. The van der Waals surface area contributed by atoms with Crippen molar-refractivity contribution in [2.45, 2.75) is 154 Å². The lowest BCUT2D eigenvalue weighted by molar-refractivity contribution is -0.870. The second-order valence-corrected chi connectivity index (χ2v) is 15.7. The van der Waals surface area contributed by atoms with Crippen molar-refractivity contribution in [3.05, 3.63) is 60.8 Å². The molecule has 0 radical (unpaired) electrons. The molecule has 290 valence electrons. The van der Waals surface area contributed by atoms with Crippen molar-refractivity contribution in [2.75, 3.05) is 40.9 Å². The van der Waals surface area contributed by atoms with E-state index >= 15 is 0 Å². The van der Waals surface area contributed by atoms with Crippen LogP contribution in [0.25, 0.3) is 0 Å². The average molecular weight is 723 g/mol. The summed E-state index contributed by atoms with van der Waals surface area (Å²) in [5.41, 5.74) is 0. The summed E-state index contributed by atoms with van der Waals surface area (Å²) in [5.74, 6) is -0.215. The van der Waals surface area contributed by atoms with Crippen LogP contribution >= 0.6 is 7.82 Å².